The van der Waals surface area contributed by atoms with Crippen LogP contribution in [0.1, 0.15) is 0 Å². The summed E-state index contributed by atoms with van der Waals surface area (Å²) < 4.78 is 4.44. The number of carbonyl (C=O) groups excluding carboxylic acids is 1. The van der Waals surface area contributed by atoms with Gasteiger partial charge in [-0.3, -0.25) is 0 Å². The van der Waals surface area contributed by atoms with Crippen molar-refractivity contribution >= 4 is 17.7 Å². The third kappa shape index (κ3) is 2.43. The number of nitrogens with zero attached hydrogens (tertiary/aromatic N) is 1. The fourth-order valence-corrected chi connectivity index (χ4v) is 0.706. The molecule has 0 spiro atoms. The Morgan fingerprint density at radius 1 is 1.64 bits per heavy atom. The van der Waals surface area contributed by atoms with Crippen molar-refractivity contribution < 1.29 is 9.53 Å². The molecule has 0 aliphatic carbocycles. The molecule has 0 aromatic carbocycles. The maximum absolute atomic E-state index is 10.2. The van der Waals surface area contributed by atoms with Gasteiger partial charge in [-0.05, 0) is 6.07 Å². The van der Waals surface area contributed by atoms with Gasteiger partial charge in [0.2, 0.25) is 5.88 Å². The van der Waals surface area contributed by atoms with Crippen LogP contribution >= 0.6 is 11.6 Å². The largest absolute Gasteiger partial charge is 0.411 e. The van der Waals surface area contributed by atoms with E-state index in [0.29, 0.717) is 0 Å². The Bertz CT molecular complexity index is 277. The molecule has 1 rings (SSSR count). The quantitative estimate of drug-likeness (QED) is 0.648. The van der Waals surface area contributed by atoms with Crippen LogP contribution in [0.2, 0.25) is 5.15 Å². The van der Waals surface area contributed by atoms with Crippen LogP contribution in [0.25, 0.3) is 0 Å². The summed E-state index contributed by atoms with van der Waals surface area (Å²) in [6, 6.07) is 4.65. The molecular weight excluding hydrogens is 168 g/mol. The summed E-state index contributed by atoms with van der Waals surface area (Å²) in [4.78, 5) is 13.9. The van der Waals surface area contributed by atoms with E-state index in [0.717, 1.165) is 0 Å². The number of amides is 1. The molecule has 0 unspecified atom stereocenters. The number of hydrogen-bond donors (Lipinski definition) is 1. The smallest absolute Gasteiger partial charge is 0.391 e. The molecule has 4 nitrogen and oxygen atoms in total. The molecule has 0 radical (unpaired) electrons. The molecule has 11 heavy (non-hydrogen) atoms. The Kier molecular flexibility index (Phi) is 2.28. The van der Waals surface area contributed by atoms with Crippen molar-refractivity contribution in [2.75, 3.05) is 0 Å². The summed E-state index contributed by atoms with van der Waals surface area (Å²) in [6.45, 7) is 0. The molecule has 0 aliphatic rings. The van der Waals surface area contributed by atoms with Gasteiger partial charge < -0.3 is 10.5 Å². The first-order chi connectivity index (χ1) is 5.18. The van der Waals surface area contributed by atoms with Gasteiger partial charge in [0.05, 0.1) is 0 Å². The van der Waals surface area contributed by atoms with Crippen molar-refractivity contribution in [3.05, 3.63) is 23.4 Å². The lowest BCUT2D eigenvalue weighted by Crippen LogP contribution is -2.16. The second-order valence-electron chi connectivity index (χ2n) is 1.72. The molecule has 0 atom stereocenters. The monoisotopic (exact) mass is 172 g/mol. The Balaban J connectivity index is 2.79. The summed E-state index contributed by atoms with van der Waals surface area (Å²) in [5.41, 5.74) is 4.73. The summed E-state index contributed by atoms with van der Waals surface area (Å²) in [6.07, 6.45) is -0.903. The van der Waals surface area contributed by atoms with E-state index in [9.17, 15) is 4.79 Å². The van der Waals surface area contributed by atoms with Crippen LogP contribution in [-0.2, 0) is 0 Å². The van der Waals surface area contributed by atoms with Crippen LogP contribution in [0, 0.1) is 0 Å². The zero-order valence-electron chi connectivity index (χ0n) is 5.45. The average Bonchev–Trinajstić information content (AvgIpc) is 1.85. The Hall–Kier alpha value is -1.29. The minimum absolute atomic E-state index is 0.102. The van der Waals surface area contributed by atoms with Gasteiger partial charge in [0.1, 0.15) is 5.15 Å². The maximum Gasteiger partial charge on any atom is 0.411 e. The first-order valence-electron chi connectivity index (χ1n) is 2.78. The third-order valence-corrected chi connectivity index (χ3v) is 1.11. The van der Waals surface area contributed by atoms with Crippen molar-refractivity contribution in [2.45, 2.75) is 0 Å². The molecule has 1 aromatic heterocycles. The van der Waals surface area contributed by atoms with E-state index < -0.39 is 6.09 Å². The first-order valence-corrected chi connectivity index (χ1v) is 3.16. The zero-order chi connectivity index (χ0) is 8.27. The topological polar surface area (TPSA) is 65.2 Å². The molecule has 5 heteroatoms. The van der Waals surface area contributed by atoms with Crippen LogP contribution in [0.15, 0.2) is 18.2 Å². The van der Waals surface area contributed by atoms with Gasteiger partial charge in [-0.15, -0.1) is 0 Å². The van der Waals surface area contributed by atoms with Gasteiger partial charge in [-0.25, -0.2) is 9.78 Å². The van der Waals surface area contributed by atoms with Crippen LogP contribution < -0.4 is 10.5 Å². The van der Waals surface area contributed by atoms with Gasteiger partial charge >= 0.3 is 6.09 Å². The molecule has 0 aliphatic heterocycles. The molecular formula is C6H5ClN2O2. The molecule has 1 heterocycles. The van der Waals surface area contributed by atoms with E-state index >= 15 is 0 Å². The van der Waals surface area contributed by atoms with Crippen molar-refractivity contribution in [1.29, 1.82) is 0 Å². The summed E-state index contributed by atoms with van der Waals surface area (Å²) in [7, 11) is 0. The molecule has 1 amide bonds. The fourth-order valence-electron chi connectivity index (χ4n) is 0.550. The number of aromatic nitrogens is 1. The highest BCUT2D eigenvalue weighted by atomic mass is 35.5. The van der Waals surface area contributed by atoms with E-state index in [1.165, 1.54) is 6.07 Å². The van der Waals surface area contributed by atoms with Crippen molar-refractivity contribution in [1.82, 2.24) is 4.98 Å². The summed E-state index contributed by atoms with van der Waals surface area (Å²) in [5.74, 6) is 0.102. The van der Waals surface area contributed by atoms with Crippen LogP contribution in [0.4, 0.5) is 4.79 Å². The van der Waals surface area contributed by atoms with E-state index in [4.69, 9.17) is 17.3 Å². The van der Waals surface area contributed by atoms with Gasteiger partial charge in [-0.1, -0.05) is 17.7 Å². The molecule has 0 saturated carbocycles. The molecule has 0 bridgehead atoms. The molecule has 0 saturated heterocycles. The molecule has 2 N–H and O–H groups in total. The standard InChI is InChI=1S/C6H5ClN2O2/c7-4-2-1-3-5(9-4)11-6(8)10/h1-3H,(H2,8,10). The number of nitrogens with two attached hydrogens (primary N) is 1. The van der Waals surface area contributed by atoms with Crippen LogP contribution in [0.3, 0.4) is 0 Å². The average molecular weight is 173 g/mol. The number of pyridine rings is 1. The SMILES string of the molecule is NC(=O)Oc1cccc(Cl)n1. The lowest BCUT2D eigenvalue weighted by molar-refractivity contribution is 0.209. The number of carbonyl (C=O) groups is 1. The van der Waals surface area contributed by atoms with Crippen molar-refractivity contribution in [2.24, 2.45) is 5.73 Å². The van der Waals surface area contributed by atoms with E-state index in [1.54, 1.807) is 12.1 Å². The highest BCUT2D eigenvalue weighted by Gasteiger charge is 1.98. The van der Waals surface area contributed by atoms with E-state index in [-0.39, 0.29) is 11.0 Å². The first kappa shape index (κ1) is 7.81. The Morgan fingerprint density at radius 2 is 2.36 bits per heavy atom. The Labute approximate surface area is 67.9 Å². The van der Waals surface area contributed by atoms with Crippen LogP contribution in [0.5, 0.6) is 5.88 Å². The van der Waals surface area contributed by atoms with E-state index in [1.807, 2.05) is 0 Å². The lowest BCUT2D eigenvalue weighted by atomic mass is 10.5. The number of rotatable bonds is 1. The Morgan fingerprint density at radius 3 is 2.91 bits per heavy atom. The van der Waals surface area contributed by atoms with Crippen molar-refractivity contribution in [3.63, 3.8) is 0 Å². The van der Waals surface area contributed by atoms with Crippen molar-refractivity contribution in [3.8, 4) is 5.88 Å². The predicted molar refractivity (Wildman–Crippen MR) is 39.5 cm³/mol. The maximum atomic E-state index is 10.2. The third-order valence-electron chi connectivity index (χ3n) is 0.895. The number of hydrogen-bond acceptors (Lipinski definition) is 3. The number of ether oxygens (including phenoxy) is 1. The fraction of sp³-hybridized carbons (Fsp3) is 0. The summed E-state index contributed by atoms with van der Waals surface area (Å²) in [5, 5.41) is 0.253. The zero-order valence-corrected chi connectivity index (χ0v) is 6.21. The molecule has 1 aromatic rings. The number of primary amides is 1. The predicted octanol–water partition coefficient (Wildman–Crippen LogP) is 1.19. The lowest BCUT2D eigenvalue weighted by Gasteiger charge is -1.97. The van der Waals surface area contributed by atoms with Gasteiger partial charge in [0.15, 0.2) is 0 Å². The van der Waals surface area contributed by atoms with Gasteiger partial charge in [-0.2, -0.15) is 0 Å². The second-order valence-corrected chi connectivity index (χ2v) is 2.11. The minimum Gasteiger partial charge on any atom is -0.391 e. The highest BCUT2D eigenvalue weighted by molar-refractivity contribution is 6.29. The van der Waals surface area contributed by atoms with Gasteiger partial charge in [0, 0.05) is 6.07 Å². The normalized spacial score (nSPS) is 9.18. The highest BCUT2D eigenvalue weighted by Crippen LogP contribution is 2.10. The second kappa shape index (κ2) is 3.21. The number of halogens is 1. The van der Waals surface area contributed by atoms with Crippen LogP contribution in [-0.4, -0.2) is 11.1 Å². The minimum atomic E-state index is -0.903. The van der Waals surface area contributed by atoms with E-state index in [2.05, 4.69) is 9.72 Å². The summed E-state index contributed by atoms with van der Waals surface area (Å²) >= 11 is 5.49. The van der Waals surface area contributed by atoms with Gasteiger partial charge in [0.25, 0.3) is 0 Å². The molecule has 58 valence electrons. The molecule has 0 fully saturated rings.